The molecule has 26 heavy (non-hydrogen) atoms. The van der Waals surface area contributed by atoms with Gasteiger partial charge in [-0.1, -0.05) is 0 Å². The van der Waals surface area contributed by atoms with Gasteiger partial charge in [-0.15, -0.1) is 0 Å². The number of rotatable bonds is 5. The van der Waals surface area contributed by atoms with Crippen molar-refractivity contribution in [3.8, 4) is 34.1 Å². The normalized spacial score (nSPS) is 10.4. The Bertz CT molecular complexity index is 885. The monoisotopic (exact) mass is 354 g/mol. The second kappa shape index (κ2) is 7.60. The van der Waals surface area contributed by atoms with Gasteiger partial charge in [0.1, 0.15) is 17.2 Å². The molecular formula is C19H18N2O5. The minimum atomic E-state index is -0.569. The first-order chi connectivity index (χ1) is 12.6. The standard InChI is InChI=1S/C19H18N2O5/c1-24-15-9-5-12(6-10-15)17-18(13-3-7-14(22)8-4-13)26-16(21-17)11-20-19(23)25-2/h3-10,22H,11H2,1-2H3,(H,20,23). The number of benzene rings is 2. The minimum absolute atomic E-state index is 0.0912. The van der Waals surface area contributed by atoms with Gasteiger partial charge in [0.05, 0.1) is 20.8 Å². The summed E-state index contributed by atoms with van der Waals surface area (Å²) in [6, 6.07) is 14.0. The molecule has 134 valence electrons. The van der Waals surface area contributed by atoms with Gasteiger partial charge in [-0.3, -0.25) is 0 Å². The number of methoxy groups -OCH3 is 2. The van der Waals surface area contributed by atoms with Gasteiger partial charge in [0, 0.05) is 11.1 Å². The molecule has 0 fully saturated rings. The molecule has 2 N–H and O–H groups in total. The number of carbonyl (C=O) groups is 1. The highest BCUT2D eigenvalue weighted by atomic mass is 16.5. The van der Waals surface area contributed by atoms with E-state index in [0.29, 0.717) is 17.3 Å². The Balaban J connectivity index is 2.00. The molecule has 0 bridgehead atoms. The van der Waals surface area contributed by atoms with Crippen LogP contribution in [-0.2, 0) is 11.3 Å². The fraction of sp³-hybridized carbons (Fsp3) is 0.158. The van der Waals surface area contributed by atoms with Gasteiger partial charge in [-0.25, -0.2) is 9.78 Å². The molecule has 1 aromatic heterocycles. The summed E-state index contributed by atoms with van der Waals surface area (Å²) in [7, 11) is 2.89. The molecule has 0 aliphatic carbocycles. The van der Waals surface area contributed by atoms with Crippen LogP contribution in [-0.4, -0.2) is 30.4 Å². The van der Waals surface area contributed by atoms with Gasteiger partial charge in [0.2, 0.25) is 5.89 Å². The van der Waals surface area contributed by atoms with Crippen molar-refractivity contribution in [2.24, 2.45) is 0 Å². The zero-order chi connectivity index (χ0) is 18.5. The largest absolute Gasteiger partial charge is 0.508 e. The van der Waals surface area contributed by atoms with Gasteiger partial charge < -0.3 is 24.3 Å². The maximum absolute atomic E-state index is 11.3. The number of hydrogen-bond donors (Lipinski definition) is 2. The topological polar surface area (TPSA) is 93.8 Å². The summed E-state index contributed by atoms with van der Waals surface area (Å²) in [6.45, 7) is 0.0912. The zero-order valence-electron chi connectivity index (χ0n) is 14.4. The van der Waals surface area contributed by atoms with Gasteiger partial charge >= 0.3 is 6.09 Å². The number of amides is 1. The first-order valence-corrected chi connectivity index (χ1v) is 7.86. The summed E-state index contributed by atoms with van der Waals surface area (Å²) in [5, 5.41) is 12.0. The second-order valence-corrected chi connectivity index (χ2v) is 5.41. The molecule has 0 aliphatic rings. The summed E-state index contributed by atoms with van der Waals surface area (Å²) >= 11 is 0. The number of phenols is 1. The Morgan fingerprint density at radius 1 is 1.08 bits per heavy atom. The maximum Gasteiger partial charge on any atom is 0.407 e. The number of aromatic hydroxyl groups is 1. The van der Waals surface area contributed by atoms with Crippen LogP contribution in [0.25, 0.3) is 22.6 Å². The van der Waals surface area contributed by atoms with E-state index in [-0.39, 0.29) is 12.3 Å². The van der Waals surface area contributed by atoms with Gasteiger partial charge in [-0.2, -0.15) is 0 Å². The Morgan fingerprint density at radius 3 is 2.35 bits per heavy atom. The van der Waals surface area contributed by atoms with Crippen LogP contribution in [0.1, 0.15) is 5.89 Å². The molecular weight excluding hydrogens is 336 g/mol. The van der Waals surface area contributed by atoms with Crippen LogP contribution < -0.4 is 10.1 Å². The predicted molar refractivity (Wildman–Crippen MR) is 94.8 cm³/mol. The summed E-state index contributed by atoms with van der Waals surface area (Å²) < 4.78 is 15.6. The van der Waals surface area contributed by atoms with Crippen molar-refractivity contribution in [1.29, 1.82) is 0 Å². The van der Waals surface area contributed by atoms with Crippen molar-refractivity contribution in [2.75, 3.05) is 14.2 Å². The summed E-state index contributed by atoms with van der Waals surface area (Å²) in [5.41, 5.74) is 2.22. The van der Waals surface area contributed by atoms with Crippen molar-refractivity contribution < 1.29 is 23.8 Å². The highest BCUT2D eigenvalue weighted by molar-refractivity contribution is 5.77. The number of oxazole rings is 1. The van der Waals surface area contributed by atoms with Gasteiger partial charge in [0.25, 0.3) is 0 Å². The number of ether oxygens (including phenoxy) is 2. The summed E-state index contributed by atoms with van der Waals surface area (Å²) in [5.74, 6) is 1.77. The number of alkyl carbamates (subject to hydrolysis) is 1. The van der Waals surface area contributed by atoms with Crippen molar-refractivity contribution in [2.45, 2.75) is 6.54 Å². The van der Waals surface area contributed by atoms with Crippen LogP contribution in [0, 0.1) is 0 Å². The third kappa shape index (κ3) is 3.77. The molecule has 1 amide bonds. The number of hydrogen-bond acceptors (Lipinski definition) is 6. The number of nitrogens with zero attached hydrogens (tertiary/aromatic N) is 1. The van der Waals surface area contributed by atoms with E-state index in [0.717, 1.165) is 16.9 Å². The van der Waals surface area contributed by atoms with E-state index >= 15 is 0 Å². The van der Waals surface area contributed by atoms with Crippen molar-refractivity contribution in [3.05, 3.63) is 54.4 Å². The van der Waals surface area contributed by atoms with Crippen LogP contribution in [0.3, 0.4) is 0 Å². The molecule has 7 nitrogen and oxygen atoms in total. The minimum Gasteiger partial charge on any atom is -0.508 e. The van der Waals surface area contributed by atoms with E-state index in [9.17, 15) is 9.90 Å². The molecule has 1 heterocycles. The Morgan fingerprint density at radius 2 is 1.73 bits per heavy atom. The lowest BCUT2D eigenvalue weighted by molar-refractivity contribution is 0.169. The number of nitrogens with one attached hydrogen (secondary N) is 1. The smallest absolute Gasteiger partial charge is 0.407 e. The molecule has 0 saturated heterocycles. The van der Waals surface area contributed by atoms with Crippen LogP contribution in [0.4, 0.5) is 4.79 Å². The van der Waals surface area contributed by atoms with E-state index in [4.69, 9.17) is 9.15 Å². The zero-order valence-corrected chi connectivity index (χ0v) is 14.4. The predicted octanol–water partition coefficient (Wildman–Crippen LogP) is 3.58. The lowest BCUT2D eigenvalue weighted by Crippen LogP contribution is -2.22. The highest BCUT2D eigenvalue weighted by Gasteiger charge is 2.17. The lowest BCUT2D eigenvalue weighted by Gasteiger charge is -2.03. The molecule has 0 saturated carbocycles. The van der Waals surface area contributed by atoms with Crippen molar-refractivity contribution in [3.63, 3.8) is 0 Å². The average Bonchev–Trinajstić information content (AvgIpc) is 3.11. The van der Waals surface area contributed by atoms with E-state index in [1.54, 1.807) is 31.4 Å². The van der Waals surface area contributed by atoms with Crippen molar-refractivity contribution in [1.82, 2.24) is 10.3 Å². The third-order valence-electron chi connectivity index (χ3n) is 3.73. The molecule has 3 rings (SSSR count). The lowest BCUT2D eigenvalue weighted by atomic mass is 10.1. The van der Waals surface area contributed by atoms with Crippen molar-refractivity contribution >= 4 is 6.09 Å². The fourth-order valence-corrected chi connectivity index (χ4v) is 2.41. The van der Waals surface area contributed by atoms with Crippen LogP contribution in [0.5, 0.6) is 11.5 Å². The first-order valence-electron chi connectivity index (χ1n) is 7.86. The molecule has 7 heteroatoms. The Labute approximate surface area is 150 Å². The Hall–Kier alpha value is -3.48. The maximum atomic E-state index is 11.3. The molecule has 0 radical (unpaired) electrons. The Kier molecular flexibility index (Phi) is 5.07. The SMILES string of the molecule is COC(=O)NCc1nc(-c2ccc(OC)cc2)c(-c2ccc(O)cc2)o1. The van der Waals surface area contributed by atoms with Crippen LogP contribution in [0.15, 0.2) is 52.9 Å². The second-order valence-electron chi connectivity index (χ2n) is 5.41. The fourth-order valence-electron chi connectivity index (χ4n) is 2.41. The van der Waals surface area contributed by atoms with Crippen LogP contribution in [0.2, 0.25) is 0 Å². The molecule has 0 aliphatic heterocycles. The summed E-state index contributed by atoms with van der Waals surface area (Å²) in [6.07, 6.45) is -0.569. The van der Waals surface area contributed by atoms with Gasteiger partial charge in [-0.05, 0) is 48.5 Å². The average molecular weight is 354 g/mol. The third-order valence-corrected chi connectivity index (χ3v) is 3.73. The van der Waals surface area contributed by atoms with Crippen LogP contribution >= 0.6 is 0 Å². The summed E-state index contributed by atoms with van der Waals surface area (Å²) in [4.78, 5) is 15.8. The number of aromatic nitrogens is 1. The van der Waals surface area contributed by atoms with Gasteiger partial charge in [0.15, 0.2) is 5.76 Å². The van der Waals surface area contributed by atoms with E-state index in [1.807, 2.05) is 24.3 Å². The highest BCUT2D eigenvalue weighted by Crippen LogP contribution is 2.34. The van der Waals surface area contributed by atoms with E-state index in [1.165, 1.54) is 7.11 Å². The van der Waals surface area contributed by atoms with E-state index < -0.39 is 6.09 Å². The van der Waals surface area contributed by atoms with E-state index in [2.05, 4.69) is 15.0 Å². The first kappa shape index (κ1) is 17.3. The quantitative estimate of drug-likeness (QED) is 0.727. The molecule has 0 spiro atoms. The number of phenolic OH excluding ortho intramolecular Hbond substituents is 1. The molecule has 2 aromatic carbocycles. The molecule has 0 unspecified atom stereocenters. The number of carbonyl (C=O) groups excluding carboxylic acids is 1. The molecule has 3 aromatic rings. The molecule has 0 atom stereocenters.